The Morgan fingerprint density at radius 3 is 2.71 bits per heavy atom. The van der Waals surface area contributed by atoms with E-state index in [1.165, 1.54) is 22.6 Å². The second-order valence-electron chi connectivity index (χ2n) is 3.80. The van der Waals surface area contributed by atoms with Crippen molar-refractivity contribution in [3.05, 3.63) is 40.9 Å². The van der Waals surface area contributed by atoms with E-state index in [1.807, 2.05) is 12.1 Å². The zero-order valence-electron chi connectivity index (χ0n) is 10.1. The van der Waals surface area contributed by atoms with Crippen molar-refractivity contribution in [2.24, 2.45) is 0 Å². The quantitative estimate of drug-likeness (QED) is 0.903. The van der Waals surface area contributed by atoms with Crippen molar-refractivity contribution in [3.8, 4) is 0 Å². The summed E-state index contributed by atoms with van der Waals surface area (Å²) in [5, 5.41) is 10.0. The molecular formula is C13H16N2OS. The monoisotopic (exact) mass is 248 g/mol. The maximum Gasteiger partial charge on any atom is 0.190 e. The summed E-state index contributed by atoms with van der Waals surface area (Å²) < 4.78 is 0. The van der Waals surface area contributed by atoms with E-state index in [0.29, 0.717) is 0 Å². The van der Waals surface area contributed by atoms with Gasteiger partial charge in [-0.2, -0.15) is 0 Å². The topological polar surface area (TPSA) is 36.4 Å². The predicted molar refractivity (Wildman–Crippen MR) is 71.9 cm³/mol. The molecule has 0 amide bonds. The van der Waals surface area contributed by atoms with Gasteiger partial charge in [0.15, 0.2) is 5.13 Å². The average Bonchev–Trinajstić information content (AvgIpc) is 2.81. The fourth-order valence-corrected chi connectivity index (χ4v) is 2.62. The Morgan fingerprint density at radius 1 is 1.35 bits per heavy atom. The first-order valence-corrected chi connectivity index (χ1v) is 6.46. The molecule has 0 aliphatic carbocycles. The van der Waals surface area contributed by atoms with Crippen LogP contribution in [0.1, 0.15) is 17.4 Å². The highest BCUT2D eigenvalue weighted by atomic mass is 32.1. The van der Waals surface area contributed by atoms with Crippen LogP contribution in [0.5, 0.6) is 0 Å². The van der Waals surface area contributed by atoms with Crippen molar-refractivity contribution in [3.63, 3.8) is 0 Å². The lowest BCUT2D eigenvalue weighted by Gasteiger charge is -2.21. The van der Waals surface area contributed by atoms with E-state index in [-0.39, 0.29) is 6.61 Å². The number of aliphatic hydroxyl groups excluding tert-OH is 1. The molecule has 1 N–H and O–H groups in total. The van der Waals surface area contributed by atoms with E-state index in [9.17, 15) is 0 Å². The molecule has 0 bridgehead atoms. The minimum Gasteiger partial charge on any atom is -0.391 e. The highest BCUT2D eigenvalue weighted by molar-refractivity contribution is 7.15. The first-order chi connectivity index (χ1) is 8.26. The molecule has 0 radical (unpaired) electrons. The summed E-state index contributed by atoms with van der Waals surface area (Å²) >= 11 is 1.53. The molecule has 0 spiro atoms. The molecule has 0 atom stereocenters. The van der Waals surface area contributed by atoms with Gasteiger partial charge in [0.25, 0.3) is 0 Å². The minimum absolute atomic E-state index is 0.0585. The fourth-order valence-electron chi connectivity index (χ4n) is 1.77. The summed E-state index contributed by atoms with van der Waals surface area (Å²) in [6.45, 7) is 5.12. The van der Waals surface area contributed by atoms with Crippen LogP contribution in [0.25, 0.3) is 0 Å². The third-order valence-corrected chi connectivity index (χ3v) is 3.66. The number of hydrogen-bond donors (Lipinski definition) is 1. The van der Waals surface area contributed by atoms with Gasteiger partial charge in [0.2, 0.25) is 0 Å². The lowest BCUT2D eigenvalue weighted by Crippen LogP contribution is -2.16. The molecule has 4 heteroatoms. The van der Waals surface area contributed by atoms with Crippen molar-refractivity contribution in [1.29, 1.82) is 0 Å². The molecule has 1 aromatic carbocycles. The molecule has 1 heterocycles. The molecule has 3 nitrogen and oxygen atoms in total. The first kappa shape index (κ1) is 12.1. The summed E-state index contributed by atoms with van der Waals surface area (Å²) in [5.41, 5.74) is 2.41. The highest BCUT2D eigenvalue weighted by Crippen LogP contribution is 2.31. The summed E-state index contributed by atoms with van der Waals surface area (Å²) in [6, 6.07) is 8.26. The van der Waals surface area contributed by atoms with Crippen LogP contribution in [0.4, 0.5) is 10.8 Å². The van der Waals surface area contributed by atoms with Crippen molar-refractivity contribution in [1.82, 2.24) is 4.98 Å². The van der Waals surface area contributed by atoms with Gasteiger partial charge in [0.05, 0.1) is 11.5 Å². The summed E-state index contributed by atoms with van der Waals surface area (Å²) in [7, 11) is 0. The van der Waals surface area contributed by atoms with E-state index >= 15 is 0 Å². The van der Waals surface area contributed by atoms with E-state index in [4.69, 9.17) is 5.11 Å². The lowest BCUT2D eigenvalue weighted by molar-refractivity contribution is 0.285. The Bertz CT molecular complexity index is 496. The molecule has 0 fully saturated rings. The number of anilines is 2. The van der Waals surface area contributed by atoms with E-state index in [0.717, 1.165) is 16.6 Å². The van der Waals surface area contributed by atoms with Gasteiger partial charge in [0, 0.05) is 18.4 Å². The number of aryl methyl sites for hydroxylation is 1. The van der Waals surface area contributed by atoms with Crippen LogP contribution in [-0.4, -0.2) is 16.6 Å². The summed E-state index contributed by atoms with van der Waals surface area (Å²) in [6.07, 6.45) is 1.74. The maximum atomic E-state index is 9.08. The van der Waals surface area contributed by atoms with Crippen LogP contribution in [0.15, 0.2) is 30.5 Å². The number of rotatable bonds is 4. The molecule has 17 heavy (non-hydrogen) atoms. The smallest absolute Gasteiger partial charge is 0.190 e. The molecule has 0 saturated heterocycles. The third kappa shape index (κ3) is 2.48. The summed E-state index contributed by atoms with van der Waals surface area (Å²) in [5.74, 6) is 0. The predicted octanol–water partition coefficient (Wildman–Crippen LogP) is 3.10. The zero-order valence-corrected chi connectivity index (χ0v) is 10.9. The first-order valence-electron chi connectivity index (χ1n) is 5.65. The number of aromatic nitrogens is 1. The van der Waals surface area contributed by atoms with Crippen LogP contribution >= 0.6 is 11.3 Å². The van der Waals surface area contributed by atoms with Gasteiger partial charge in [-0.1, -0.05) is 29.5 Å². The minimum atomic E-state index is 0.0585. The van der Waals surface area contributed by atoms with Gasteiger partial charge in [-0.15, -0.1) is 0 Å². The standard InChI is InChI=1S/C13H16N2OS/c1-3-15(12-7-5-4-6-10(12)2)13-14-8-11(9-16)17-13/h4-8,16H,3,9H2,1-2H3. The fraction of sp³-hybridized carbons (Fsp3) is 0.308. The molecule has 0 unspecified atom stereocenters. The SMILES string of the molecule is CCN(c1ncc(CO)s1)c1ccccc1C. The van der Waals surface area contributed by atoms with Crippen LogP contribution in [-0.2, 0) is 6.61 Å². The van der Waals surface area contributed by atoms with E-state index < -0.39 is 0 Å². The van der Waals surface area contributed by atoms with Crippen molar-refractivity contribution in [2.75, 3.05) is 11.4 Å². The lowest BCUT2D eigenvalue weighted by atomic mass is 10.2. The van der Waals surface area contributed by atoms with Crippen LogP contribution in [0, 0.1) is 6.92 Å². The molecule has 2 rings (SSSR count). The second kappa shape index (κ2) is 5.29. The highest BCUT2D eigenvalue weighted by Gasteiger charge is 2.12. The molecule has 0 aliphatic heterocycles. The maximum absolute atomic E-state index is 9.08. The molecule has 1 aromatic heterocycles. The van der Waals surface area contributed by atoms with Gasteiger partial charge in [0.1, 0.15) is 0 Å². The van der Waals surface area contributed by atoms with Crippen molar-refractivity contribution < 1.29 is 5.11 Å². The van der Waals surface area contributed by atoms with E-state index in [2.05, 4.69) is 35.9 Å². The molecule has 2 aromatic rings. The average molecular weight is 248 g/mol. The van der Waals surface area contributed by atoms with E-state index in [1.54, 1.807) is 6.20 Å². The zero-order chi connectivity index (χ0) is 12.3. The van der Waals surface area contributed by atoms with Gasteiger partial charge in [-0.3, -0.25) is 0 Å². The number of nitrogens with zero attached hydrogens (tertiary/aromatic N) is 2. The number of benzene rings is 1. The van der Waals surface area contributed by atoms with Gasteiger partial charge >= 0.3 is 0 Å². The van der Waals surface area contributed by atoms with Gasteiger partial charge < -0.3 is 10.0 Å². The number of para-hydroxylation sites is 1. The molecule has 0 saturated carbocycles. The molecule has 0 aliphatic rings. The Kier molecular flexibility index (Phi) is 3.76. The number of thiazole rings is 1. The Labute approximate surface area is 105 Å². The number of aliphatic hydroxyl groups is 1. The normalized spacial score (nSPS) is 10.5. The van der Waals surface area contributed by atoms with Crippen LogP contribution in [0.2, 0.25) is 0 Å². The number of hydrogen-bond acceptors (Lipinski definition) is 4. The van der Waals surface area contributed by atoms with Gasteiger partial charge in [-0.05, 0) is 25.5 Å². The van der Waals surface area contributed by atoms with Crippen LogP contribution < -0.4 is 4.90 Å². The van der Waals surface area contributed by atoms with Crippen molar-refractivity contribution >= 4 is 22.2 Å². The van der Waals surface area contributed by atoms with Crippen molar-refractivity contribution in [2.45, 2.75) is 20.5 Å². The molecule has 90 valence electrons. The van der Waals surface area contributed by atoms with Gasteiger partial charge in [-0.25, -0.2) is 4.98 Å². The Balaban J connectivity index is 2.36. The summed E-state index contributed by atoms with van der Waals surface area (Å²) in [4.78, 5) is 7.42. The second-order valence-corrected chi connectivity index (χ2v) is 4.89. The van der Waals surface area contributed by atoms with Crippen LogP contribution in [0.3, 0.4) is 0 Å². The Hall–Kier alpha value is -1.39. The Morgan fingerprint density at radius 2 is 2.12 bits per heavy atom. The molecular weight excluding hydrogens is 232 g/mol. The largest absolute Gasteiger partial charge is 0.391 e. The third-order valence-electron chi connectivity index (χ3n) is 2.65.